The Morgan fingerprint density at radius 1 is 1.25 bits per heavy atom. The molecule has 0 amide bonds. The van der Waals surface area contributed by atoms with E-state index in [4.69, 9.17) is 15.2 Å². The summed E-state index contributed by atoms with van der Waals surface area (Å²) < 4.78 is 35.2. The van der Waals surface area contributed by atoms with Crippen molar-refractivity contribution in [3.05, 3.63) is 0 Å². The molecule has 2 rings (SSSR count). The van der Waals surface area contributed by atoms with Crippen LogP contribution in [0.1, 0.15) is 19.3 Å². The fourth-order valence-corrected chi connectivity index (χ4v) is 5.68. The molecular weight excluding hydrogens is 280 g/mol. The van der Waals surface area contributed by atoms with Gasteiger partial charge in [0.25, 0.3) is 0 Å². The predicted molar refractivity (Wildman–Crippen MR) is 77.4 cm³/mol. The normalized spacial score (nSPS) is 39.5. The third-order valence-electron chi connectivity index (χ3n) is 5.00. The molecule has 0 radical (unpaired) electrons. The van der Waals surface area contributed by atoms with Crippen LogP contribution in [0.3, 0.4) is 0 Å². The van der Waals surface area contributed by atoms with Crippen LogP contribution in [0.15, 0.2) is 0 Å². The molecule has 6 nitrogen and oxygen atoms in total. The van der Waals surface area contributed by atoms with E-state index in [0.717, 1.165) is 12.8 Å². The second kappa shape index (κ2) is 5.88. The number of rotatable bonds is 5. The molecule has 1 aliphatic carbocycles. The molecule has 1 aliphatic heterocycles. The van der Waals surface area contributed by atoms with Gasteiger partial charge in [0.1, 0.15) is 0 Å². The number of nitrogens with two attached hydrogens (primary N) is 1. The average Bonchev–Trinajstić information content (AvgIpc) is 3.01. The quantitative estimate of drug-likeness (QED) is 0.746. The summed E-state index contributed by atoms with van der Waals surface area (Å²) in [7, 11) is 0.218. The molecule has 0 aromatic rings. The van der Waals surface area contributed by atoms with Gasteiger partial charge in [-0.1, -0.05) is 6.42 Å². The Bertz CT molecular complexity index is 430. The van der Waals surface area contributed by atoms with E-state index in [1.54, 1.807) is 14.2 Å². The first-order chi connectivity index (χ1) is 9.39. The largest absolute Gasteiger partial charge is 0.377 e. The Morgan fingerprint density at radius 2 is 1.80 bits per heavy atom. The minimum atomic E-state index is -3.11. The molecule has 0 aromatic carbocycles. The highest BCUT2D eigenvalue weighted by Gasteiger charge is 2.54. The van der Waals surface area contributed by atoms with Crippen LogP contribution in [0, 0.1) is 0 Å². The molecule has 4 unspecified atom stereocenters. The number of likely N-dealkylation sites (tertiary alicyclic amines) is 1. The lowest BCUT2D eigenvalue weighted by atomic mass is 9.95. The van der Waals surface area contributed by atoms with E-state index < -0.39 is 15.4 Å². The maximum Gasteiger partial charge on any atom is 0.152 e. The highest BCUT2D eigenvalue weighted by Crippen LogP contribution is 2.41. The summed E-state index contributed by atoms with van der Waals surface area (Å²) in [5.74, 6) is 0. The van der Waals surface area contributed by atoms with Gasteiger partial charge in [0.05, 0.1) is 23.0 Å². The topological polar surface area (TPSA) is 81.9 Å². The van der Waals surface area contributed by atoms with E-state index in [-0.39, 0.29) is 17.5 Å². The first-order valence-electron chi connectivity index (χ1n) is 7.08. The van der Waals surface area contributed by atoms with Gasteiger partial charge >= 0.3 is 0 Å². The monoisotopic (exact) mass is 306 g/mol. The fourth-order valence-electron chi connectivity index (χ4n) is 3.92. The summed E-state index contributed by atoms with van der Waals surface area (Å²) >= 11 is 0. The van der Waals surface area contributed by atoms with Crippen molar-refractivity contribution in [2.24, 2.45) is 5.73 Å². The lowest BCUT2D eigenvalue weighted by molar-refractivity contribution is -0.00461. The minimum Gasteiger partial charge on any atom is -0.377 e. The van der Waals surface area contributed by atoms with Crippen molar-refractivity contribution < 1.29 is 17.9 Å². The Morgan fingerprint density at radius 3 is 2.20 bits per heavy atom. The SMILES string of the molecule is COC1CN(C2(CN)CCCC2S(C)(=O)=O)CC1OC. The first-order valence-corrected chi connectivity index (χ1v) is 9.04. The Labute approximate surface area is 121 Å². The number of sulfone groups is 1. The van der Waals surface area contributed by atoms with Gasteiger partial charge in [-0.05, 0) is 12.8 Å². The van der Waals surface area contributed by atoms with Crippen molar-refractivity contribution in [1.29, 1.82) is 0 Å². The zero-order valence-corrected chi connectivity index (χ0v) is 13.4. The highest BCUT2D eigenvalue weighted by molar-refractivity contribution is 7.91. The molecule has 0 spiro atoms. The van der Waals surface area contributed by atoms with Crippen LogP contribution in [0.2, 0.25) is 0 Å². The van der Waals surface area contributed by atoms with Crippen LogP contribution in [-0.4, -0.2) is 76.4 Å². The molecule has 118 valence electrons. The van der Waals surface area contributed by atoms with Crippen molar-refractivity contribution in [2.45, 2.75) is 42.3 Å². The number of ether oxygens (including phenoxy) is 2. The summed E-state index contributed by atoms with van der Waals surface area (Å²) in [6, 6.07) is 0. The summed E-state index contributed by atoms with van der Waals surface area (Å²) in [4.78, 5) is 2.19. The van der Waals surface area contributed by atoms with Crippen molar-refractivity contribution in [3.63, 3.8) is 0 Å². The molecule has 2 N–H and O–H groups in total. The first kappa shape index (κ1) is 16.2. The average molecular weight is 306 g/mol. The van der Waals surface area contributed by atoms with Crippen LogP contribution >= 0.6 is 0 Å². The fraction of sp³-hybridized carbons (Fsp3) is 1.00. The van der Waals surface area contributed by atoms with Crippen LogP contribution in [0.25, 0.3) is 0 Å². The minimum absolute atomic E-state index is 0.0239. The predicted octanol–water partition coefficient (Wildman–Crippen LogP) is -0.373. The van der Waals surface area contributed by atoms with Gasteiger partial charge in [-0.15, -0.1) is 0 Å². The van der Waals surface area contributed by atoms with Gasteiger partial charge in [-0.3, -0.25) is 4.90 Å². The van der Waals surface area contributed by atoms with Crippen LogP contribution in [-0.2, 0) is 19.3 Å². The molecule has 0 bridgehead atoms. The molecule has 20 heavy (non-hydrogen) atoms. The van der Waals surface area contributed by atoms with E-state index in [1.807, 2.05) is 0 Å². The van der Waals surface area contributed by atoms with Gasteiger partial charge in [0.2, 0.25) is 0 Å². The van der Waals surface area contributed by atoms with Gasteiger partial charge in [-0.2, -0.15) is 0 Å². The van der Waals surface area contributed by atoms with E-state index in [9.17, 15) is 8.42 Å². The number of methoxy groups -OCH3 is 2. The van der Waals surface area contributed by atoms with Crippen LogP contribution in [0.5, 0.6) is 0 Å². The zero-order valence-electron chi connectivity index (χ0n) is 12.5. The number of hydrogen-bond acceptors (Lipinski definition) is 6. The standard InChI is InChI=1S/C13H26N2O4S/c1-18-10-7-15(8-11(10)19-2)13(9-14)6-4-5-12(13)20(3,16)17/h10-12H,4-9,14H2,1-3H3. The zero-order chi connectivity index (χ0) is 15.0. The van der Waals surface area contributed by atoms with Gasteiger partial charge in [-0.25, -0.2) is 8.42 Å². The molecule has 1 saturated carbocycles. The van der Waals surface area contributed by atoms with Gasteiger partial charge < -0.3 is 15.2 Å². The van der Waals surface area contributed by atoms with Crippen molar-refractivity contribution >= 4 is 9.84 Å². The lowest BCUT2D eigenvalue weighted by Gasteiger charge is -2.42. The maximum atomic E-state index is 12.1. The molecule has 1 heterocycles. The molecule has 7 heteroatoms. The van der Waals surface area contributed by atoms with E-state index in [0.29, 0.717) is 26.1 Å². The summed E-state index contributed by atoms with van der Waals surface area (Å²) in [5.41, 5.74) is 5.56. The third kappa shape index (κ3) is 2.62. The molecule has 0 aromatic heterocycles. The highest BCUT2D eigenvalue weighted by atomic mass is 32.2. The molecule has 2 fully saturated rings. The second-order valence-electron chi connectivity index (χ2n) is 5.97. The van der Waals surface area contributed by atoms with E-state index in [1.165, 1.54) is 6.26 Å². The number of hydrogen-bond donors (Lipinski definition) is 1. The summed E-state index contributed by atoms with van der Waals surface area (Å²) in [6.45, 7) is 1.72. The molecular formula is C13H26N2O4S. The Kier molecular flexibility index (Phi) is 4.76. The molecule has 4 atom stereocenters. The summed E-state index contributed by atoms with van der Waals surface area (Å²) in [5, 5.41) is -0.381. The van der Waals surface area contributed by atoms with E-state index in [2.05, 4.69) is 4.90 Å². The van der Waals surface area contributed by atoms with Gasteiger partial charge in [0, 0.05) is 40.1 Å². The maximum absolute atomic E-state index is 12.1. The smallest absolute Gasteiger partial charge is 0.152 e. The van der Waals surface area contributed by atoms with Crippen molar-refractivity contribution in [1.82, 2.24) is 4.90 Å². The Balaban J connectivity index is 2.28. The summed E-state index contributed by atoms with van der Waals surface area (Å²) in [6.07, 6.45) is 3.70. The third-order valence-corrected chi connectivity index (χ3v) is 6.70. The molecule has 2 aliphatic rings. The van der Waals surface area contributed by atoms with Crippen LogP contribution < -0.4 is 5.73 Å². The number of nitrogens with zero attached hydrogens (tertiary/aromatic N) is 1. The van der Waals surface area contributed by atoms with Crippen molar-refractivity contribution in [3.8, 4) is 0 Å². The lowest BCUT2D eigenvalue weighted by Crippen LogP contribution is -2.60. The Hall–Kier alpha value is -0.210. The molecule has 1 saturated heterocycles. The van der Waals surface area contributed by atoms with Crippen molar-refractivity contribution in [2.75, 3.05) is 40.1 Å². The van der Waals surface area contributed by atoms with Crippen LogP contribution in [0.4, 0.5) is 0 Å². The van der Waals surface area contributed by atoms with E-state index >= 15 is 0 Å². The van der Waals surface area contributed by atoms with Gasteiger partial charge in [0.15, 0.2) is 9.84 Å². The second-order valence-corrected chi connectivity index (χ2v) is 8.20.